The molecule has 3 heteroatoms. The molecule has 2 aromatic rings. The van der Waals surface area contributed by atoms with Gasteiger partial charge in [-0.05, 0) is 23.6 Å². The number of hydrogen-bond acceptors (Lipinski definition) is 2. The molecule has 0 radical (unpaired) electrons. The lowest BCUT2D eigenvalue weighted by molar-refractivity contribution is 0.475. The highest BCUT2D eigenvalue weighted by molar-refractivity contribution is 5.83. The molecule has 0 unspecified atom stereocenters. The predicted octanol–water partition coefficient (Wildman–Crippen LogP) is 2.40. The summed E-state index contributed by atoms with van der Waals surface area (Å²) >= 11 is 0. The number of phenols is 1. The molecule has 1 N–H and O–H groups in total. The number of hydrogen-bond donors (Lipinski definition) is 1. The zero-order chi connectivity index (χ0) is 10.3. The van der Waals surface area contributed by atoms with Gasteiger partial charge in [-0.25, -0.2) is 0 Å². The van der Waals surface area contributed by atoms with Crippen molar-refractivity contribution in [2.45, 2.75) is 19.8 Å². The largest absolute Gasteiger partial charge is 0.508 e. The van der Waals surface area contributed by atoms with Crippen LogP contribution in [0.2, 0.25) is 0 Å². The Kier molecular flexibility index (Phi) is 1.95. The van der Waals surface area contributed by atoms with Crippen LogP contribution in [0, 0.1) is 0 Å². The van der Waals surface area contributed by atoms with Crippen LogP contribution in [-0.2, 0) is 7.05 Å². The molecule has 0 saturated carbocycles. The van der Waals surface area contributed by atoms with Crippen molar-refractivity contribution in [2.75, 3.05) is 0 Å². The molecular formula is C11H14N2O. The second-order valence-electron chi connectivity index (χ2n) is 3.93. The molecule has 14 heavy (non-hydrogen) atoms. The molecule has 0 amide bonds. The molecule has 0 spiro atoms. The van der Waals surface area contributed by atoms with E-state index in [1.807, 2.05) is 13.2 Å². The van der Waals surface area contributed by atoms with Gasteiger partial charge in [-0.2, -0.15) is 5.10 Å². The maximum absolute atomic E-state index is 9.53. The lowest BCUT2D eigenvalue weighted by Gasteiger charge is -2.06. The zero-order valence-corrected chi connectivity index (χ0v) is 8.65. The number of nitrogens with zero attached hydrogens (tertiary/aromatic N) is 2. The van der Waals surface area contributed by atoms with Crippen LogP contribution >= 0.6 is 0 Å². The molecule has 2 rings (SSSR count). The Morgan fingerprint density at radius 1 is 1.36 bits per heavy atom. The zero-order valence-electron chi connectivity index (χ0n) is 8.65. The first-order valence-corrected chi connectivity index (χ1v) is 4.74. The van der Waals surface area contributed by atoms with Crippen molar-refractivity contribution in [3.05, 3.63) is 23.9 Å². The molecule has 0 atom stereocenters. The van der Waals surface area contributed by atoms with E-state index in [0.29, 0.717) is 11.7 Å². The number of phenolic OH excluding ortho intramolecular Hbond substituents is 1. The maximum Gasteiger partial charge on any atom is 0.116 e. The van der Waals surface area contributed by atoms with Gasteiger partial charge in [0, 0.05) is 18.6 Å². The van der Waals surface area contributed by atoms with E-state index in [1.165, 1.54) is 0 Å². The normalized spacial score (nSPS) is 11.4. The molecule has 1 heterocycles. The summed E-state index contributed by atoms with van der Waals surface area (Å²) in [5.41, 5.74) is 2.08. The minimum Gasteiger partial charge on any atom is -0.508 e. The van der Waals surface area contributed by atoms with Crippen LogP contribution < -0.4 is 0 Å². The molecular weight excluding hydrogens is 176 g/mol. The summed E-state index contributed by atoms with van der Waals surface area (Å²) in [6.45, 7) is 4.20. The highest BCUT2D eigenvalue weighted by Gasteiger charge is 2.10. The molecule has 74 valence electrons. The van der Waals surface area contributed by atoms with E-state index >= 15 is 0 Å². The smallest absolute Gasteiger partial charge is 0.116 e. The van der Waals surface area contributed by atoms with Crippen molar-refractivity contribution in [1.29, 1.82) is 0 Å². The van der Waals surface area contributed by atoms with E-state index in [9.17, 15) is 5.11 Å². The van der Waals surface area contributed by atoms with Gasteiger partial charge >= 0.3 is 0 Å². The minimum absolute atomic E-state index is 0.314. The van der Waals surface area contributed by atoms with Gasteiger partial charge in [-0.1, -0.05) is 13.8 Å². The van der Waals surface area contributed by atoms with E-state index in [1.54, 1.807) is 16.8 Å². The number of aryl methyl sites for hydroxylation is 1. The monoisotopic (exact) mass is 190 g/mol. The van der Waals surface area contributed by atoms with Gasteiger partial charge in [0.2, 0.25) is 0 Å². The third-order valence-corrected chi connectivity index (χ3v) is 2.36. The molecule has 1 aromatic carbocycles. The highest BCUT2D eigenvalue weighted by Crippen LogP contribution is 2.28. The Morgan fingerprint density at radius 2 is 2.07 bits per heavy atom. The summed E-state index contributed by atoms with van der Waals surface area (Å²) in [6.07, 6.45) is 1.92. The maximum atomic E-state index is 9.53. The van der Waals surface area contributed by atoms with Crippen LogP contribution in [0.4, 0.5) is 0 Å². The SMILES string of the molecule is CC(C)c1cc(O)cc2cn(C)nc12. The van der Waals surface area contributed by atoms with Gasteiger partial charge in [0.1, 0.15) is 5.75 Å². The van der Waals surface area contributed by atoms with E-state index < -0.39 is 0 Å². The minimum atomic E-state index is 0.314. The summed E-state index contributed by atoms with van der Waals surface area (Å²) < 4.78 is 1.77. The van der Waals surface area contributed by atoms with Gasteiger partial charge in [0.05, 0.1) is 5.52 Å². The Balaban J connectivity index is 2.79. The first-order chi connectivity index (χ1) is 6.58. The Morgan fingerprint density at radius 3 is 2.71 bits per heavy atom. The lowest BCUT2D eigenvalue weighted by Crippen LogP contribution is -1.91. The fourth-order valence-electron chi connectivity index (χ4n) is 1.71. The summed E-state index contributed by atoms with van der Waals surface area (Å²) in [5.74, 6) is 0.689. The average molecular weight is 190 g/mol. The van der Waals surface area contributed by atoms with E-state index in [2.05, 4.69) is 18.9 Å². The van der Waals surface area contributed by atoms with Crippen molar-refractivity contribution in [3.8, 4) is 5.75 Å². The van der Waals surface area contributed by atoms with Crippen LogP contribution in [0.3, 0.4) is 0 Å². The van der Waals surface area contributed by atoms with Crippen LogP contribution in [-0.4, -0.2) is 14.9 Å². The third-order valence-electron chi connectivity index (χ3n) is 2.36. The molecule has 0 saturated heterocycles. The molecule has 0 bridgehead atoms. The van der Waals surface area contributed by atoms with Gasteiger partial charge in [0.15, 0.2) is 0 Å². The number of aromatic nitrogens is 2. The number of aromatic hydroxyl groups is 1. The molecule has 0 aliphatic rings. The molecule has 3 nitrogen and oxygen atoms in total. The van der Waals surface area contributed by atoms with Crippen LogP contribution in [0.15, 0.2) is 18.3 Å². The molecule has 0 fully saturated rings. The lowest BCUT2D eigenvalue weighted by atomic mass is 10.0. The van der Waals surface area contributed by atoms with Crippen molar-refractivity contribution in [1.82, 2.24) is 9.78 Å². The quantitative estimate of drug-likeness (QED) is 0.749. The van der Waals surface area contributed by atoms with Crippen molar-refractivity contribution in [2.24, 2.45) is 7.05 Å². The van der Waals surface area contributed by atoms with E-state index in [0.717, 1.165) is 16.5 Å². The van der Waals surface area contributed by atoms with Gasteiger partial charge in [-0.3, -0.25) is 4.68 Å². The van der Waals surface area contributed by atoms with Crippen LogP contribution in [0.5, 0.6) is 5.75 Å². The van der Waals surface area contributed by atoms with Crippen LogP contribution in [0.25, 0.3) is 10.9 Å². The van der Waals surface area contributed by atoms with Crippen molar-refractivity contribution in [3.63, 3.8) is 0 Å². The molecule has 0 aliphatic heterocycles. The van der Waals surface area contributed by atoms with E-state index in [4.69, 9.17) is 0 Å². The number of rotatable bonds is 1. The molecule has 0 aliphatic carbocycles. The van der Waals surface area contributed by atoms with Crippen molar-refractivity contribution < 1.29 is 5.11 Å². The summed E-state index contributed by atoms with van der Waals surface area (Å²) in [7, 11) is 1.89. The number of benzene rings is 1. The first-order valence-electron chi connectivity index (χ1n) is 4.74. The van der Waals surface area contributed by atoms with Gasteiger partial charge < -0.3 is 5.11 Å². The van der Waals surface area contributed by atoms with E-state index in [-0.39, 0.29) is 0 Å². The first kappa shape index (κ1) is 9.06. The van der Waals surface area contributed by atoms with Crippen LogP contribution in [0.1, 0.15) is 25.3 Å². The average Bonchev–Trinajstić information content (AvgIpc) is 2.42. The Bertz CT molecular complexity index is 471. The Hall–Kier alpha value is -1.51. The third kappa shape index (κ3) is 1.35. The fraction of sp³-hybridized carbons (Fsp3) is 0.364. The molecule has 1 aromatic heterocycles. The van der Waals surface area contributed by atoms with Gasteiger partial charge in [-0.15, -0.1) is 0 Å². The summed E-state index contributed by atoms with van der Waals surface area (Å²) in [6, 6.07) is 3.54. The fourth-order valence-corrected chi connectivity index (χ4v) is 1.71. The van der Waals surface area contributed by atoms with Crippen molar-refractivity contribution >= 4 is 10.9 Å². The predicted molar refractivity (Wildman–Crippen MR) is 56.5 cm³/mol. The standard InChI is InChI=1S/C11H14N2O/c1-7(2)10-5-9(14)4-8-6-13(3)12-11(8)10/h4-7,14H,1-3H3. The summed E-state index contributed by atoms with van der Waals surface area (Å²) in [4.78, 5) is 0. The number of fused-ring (bicyclic) bond motifs is 1. The summed E-state index contributed by atoms with van der Waals surface area (Å²) in [5, 5.41) is 14.9. The highest BCUT2D eigenvalue weighted by atomic mass is 16.3. The van der Waals surface area contributed by atoms with Gasteiger partial charge in [0.25, 0.3) is 0 Å². The Labute approximate surface area is 83.0 Å². The second-order valence-corrected chi connectivity index (χ2v) is 3.93. The second kappa shape index (κ2) is 3.01. The topological polar surface area (TPSA) is 38.0 Å².